The zero-order chi connectivity index (χ0) is 20.5. The zero-order valence-corrected chi connectivity index (χ0v) is 16.9. The van der Waals surface area contributed by atoms with E-state index in [1.807, 2.05) is 38.1 Å². The highest BCUT2D eigenvalue weighted by molar-refractivity contribution is 5.87. The van der Waals surface area contributed by atoms with Gasteiger partial charge in [-0.15, -0.1) is 0 Å². The molecule has 28 heavy (non-hydrogen) atoms. The van der Waals surface area contributed by atoms with Crippen molar-refractivity contribution >= 4 is 11.8 Å². The van der Waals surface area contributed by atoms with Gasteiger partial charge in [0.05, 0.1) is 0 Å². The van der Waals surface area contributed by atoms with E-state index >= 15 is 0 Å². The predicted octanol–water partition coefficient (Wildman–Crippen LogP) is 4.01. The molecule has 0 aliphatic heterocycles. The van der Waals surface area contributed by atoms with Gasteiger partial charge in [0.2, 0.25) is 11.8 Å². The van der Waals surface area contributed by atoms with Crippen molar-refractivity contribution in [3.63, 3.8) is 0 Å². The Morgan fingerprint density at radius 1 is 1.04 bits per heavy atom. The first-order valence-electron chi connectivity index (χ1n) is 9.78. The van der Waals surface area contributed by atoms with E-state index in [0.717, 1.165) is 17.5 Å². The van der Waals surface area contributed by atoms with Crippen LogP contribution in [0.2, 0.25) is 0 Å². The van der Waals surface area contributed by atoms with Crippen LogP contribution < -0.4 is 5.32 Å². The first kappa shape index (κ1) is 21.6. The minimum Gasteiger partial charge on any atom is -0.354 e. The molecule has 2 amide bonds. The summed E-state index contributed by atoms with van der Waals surface area (Å²) in [7, 11) is 0. The van der Waals surface area contributed by atoms with E-state index < -0.39 is 6.04 Å². The van der Waals surface area contributed by atoms with E-state index in [9.17, 15) is 14.0 Å². The quantitative estimate of drug-likeness (QED) is 0.710. The molecule has 2 rings (SSSR count). The van der Waals surface area contributed by atoms with E-state index in [1.54, 1.807) is 24.0 Å². The van der Waals surface area contributed by atoms with Crippen molar-refractivity contribution in [3.8, 4) is 0 Å². The molecule has 0 heterocycles. The number of amides is 2. The minimum atomic E-state index is -0.595. The Hall–Kier alpha value is -2.69. The number of carbonyl (C=O) groups is 2. The highest BCUT2D eigenvalue weighted by Crippen LogP contribution is 2.14. The molecule has 150 valence electrons. The van der Waals surface area contributed by atoms with Crippen LogP contribution in [0.3, 0.4) is 0 Å². The highest BCUT2D eigenvalue weighted by atomic mass is 19.1. The molecular weight excluding hydrogens is 355 g/mol. The van der Waals surface area contributed by atoms with Gasteiger partial charge >= 0.3 is 0 Å². The van der Waals surface area contributed by atoms with Crippen LogP contribution in [0.1, 0.15) is 43.4 Å². The average Bonchev–Trinajstić information content (AvgIpc) is 2.70. The molecule has 0 saturated heterocycles. The molecule has 0 saturated carbocycles. The monoisotopic (exact) mass is 384 g/mol. The van der Waals surface area contributed by atoms with Crippen molar-refractivity contribution in [2.45, 2.75) is 52.6 Å². The lowest BCUT2D eigenvalue weighted by Gasteiger charge is -2.29. The Kier molecular flexibility index (Phi) is 8.18. The number of hydrogen-bond donors (Lipinski definition) is 1. The number of aryl methyl sites for hydroxylation is 2. The molecule has 0 fully saturated rings. The van der Waals surface area contributed by atoms with Crippen LogP contribution in [-0.2, 0) is 22.6 Å². The molecule has 0 aromatic heterocycles. The van der Waals surface area contributed by atoms with E-state index in [2.05, 4.69) is 5.32 Å². The van der Waals surface area contributed by atoms with Crippen LogP contribution in [0.15, 0.2) is 48.5 Å². The van der Waals surface area contributed by atoms with Crippen molar-refractivity contribution < 1.29 is 14.0 Å². The van der Waals surface area contributed by atoms with Crippen LogP contribution >= 0.6 is 0 Å². The summed E-state index contributed by atoms with van der Waals surface area (Å²) in [6.07, 6.45) is 1.76. The van der Waals surface area contributed by atoms with Gasteiger partial charge in [-0.1, -0.05) is 48.9 Å². The van der Waals surface area contributed by atoms with Crippen molar-refractivity contribution in [2.24, 2.45) is 0 Å². The normalized spacial score (nSPS) is 11.7. The average molecular weight is 384 g/mol. The van der Waals surface area contributed by atoms with Crippen molar-refractivity contribution in [2.75, 3.05) is 6.54 Å². The topological polar surface area (TPSA) is 49.4 Å². The molecule has 0 aliphatic rings. The Labute approximate surface area is 166 Å². The summed E-state index contributed by atoms with van der Waals surface area (Å²) < 4.78 is 13.2. The van der Waals surface area contributed by atoms with Gasteiger partial charge in [0.25, 0.3) is 0 Å². The van der Waals surface area contributed by atoms with Crippen molar-refractivity contribution in [1.29, 1.82) is 0 Å². The Morgan fingerprint density at radius 3 is 2.25 bits per heavy atom. The third-order valence-electron chi connectivity index (χ3n) is 4.73. The van der Waals surface area contributed by atoms with Gasteiger partial charge in [0.1, 0.15) is 11.9 Å². The van der Waals surface area contributed by atoms with E-state index in [1.165, 1.54) is 17.7 Å². The Bertz CT molecular complexity index is 772. The summed E-state index contributed by atoms with van der Waals surface area (Å²) in [5.41, 5.74) is 3.05. The lowest BCUT2D eigenvalue weighted by Crippen LogP contribution is -2.47. The minimum absolute atomic E-state index is 0.0935. The van der Waals surface area contributed by atoms with Gasteiger partial charge < -0.3 is 10.2 Å². The largest absolute Gasteiger partial charge is 0.354 e. The van der Waals surface area contributed by atoms with Gasteiger partial charge in [-0.05, 0) is 49.9 Å². The molecule has 4 nitrogen and oxygen atoms in total. The maximum Gasteiger partial charge on any atom is 0.242 e. The van der Waals surface area contributed by atoms with Crippen molar-refractivity contribution in [3.05, 3.63) is 71.0 Å². The number of nitrogens with zero attached hydrogens (tertiary/aromatic N) is 1. The van der Waals surface area contributed by atoms with Crippen LogP contribution in [-0.4, -0.2) is 29.3 Å². The van der Waals surface area contributed by atoms with Gasteiger partial charge in [-0.25, -0.2) is 4.39 Å². The number of hydrogen-bond acceptors (Lipinski definition) is 2. The zero-order valence-electron chi connectivity index (χ0n) is 16.9. The molecular formula is C23H29FN2O2. The number of rotatable bonds is 9. The summed E-state index contributed by atoms with van der Waals surface area (Å²) in [5, 5.41) is 2.85. The SMILES string of the molecule is CCCNC(=O)C(C)N(Cc1ccc(F)cc1)C(=O)CCc1ccc(C)cc1. The Balaban J connectivity index is 2.10. The fourth-order valence-corrected chi connectivity index (χ4v) is 2.91. The lowest BCUT2D eigenvalue weighted by atomic mass is 10.1. The van der Waals surface area contributed by atoms with Crippen LogP contribution in [0.5, 0.6) is 0 Å². The molecule has 0 aliphatic carbocycles. The molecule has 1 unspecified atom stereocenters. The summed E-state index contributed by atoms with van der Waals surface area (Å²) in [6.45, 7) is 6.58. The van der Waals surface area contributed by atoms with E-state index in [4.69, 9.17) is 0 Å². The first-order valence-corrected chi connectivity index (χ1v) is 9.78. The van der Waals surface area contributed by atoms with Gasteiger partial charge in [-0.2, -0.15) is 0 Å². The standard InChI is InChI=1S/C23H29FN2O2/c1-4-15-25-23(28)18(3)26(16-20-9-12-21(24)13-10-20)22(27)14-11-19-7-5-17(2)6-8-19/h5-10,12-13,18H,4,11,14-16H2,1-3H3,(H,25,28). The molecule has 2 aromatic rings. The van der Waals surface area contributed by atoms with Gasteiger partial charge in [0.15, 0.2) is 0 Å². The summed E-state index contributed by atoms with van der Waals surface area (Å²) in [4.78, 5) is 27.0. The number of nitrogens with one attached hydrogen (secondary N) is 1. The second-order valence-corrected chi connectivity index (χ2v) is 7.10. The number of halogens is 1. The fourth-order valence-electron chi connectivity index (χ4n) is 2.91. The maximum atomic E-state index is 13.2. The molecule has 1 N–H and O–H groups in total. The van der Waals surface area contributed by atoms with Gasteiger partial charge in [-0.3, -0.25) is 9.59 Å². The fraction of sp³-hybridized carbons (Fsp3) is 0.391. The molecule has 0 radical (unpaired) electrons. The third kappa shape index (κ3) is 6.48. The van der Waals surface area contributed by atoms with Crippen LogP contribution in [0.4, 0.5) is 4.39 Å². The van der Waals surface area contributed by atoms with E-state index in [-0.39, 0.29) is 24.2 Å². The molecule has 0 bridgehead atoms. The first-order chi connectivity index (χ1) is 13.4. The molecule has 5 heteroatoms. The second-order valence-electron chi connectivity index (χ2n) is 7.10. The van der Waals surface area contributed by atoms with Gasteiger partial charge in [0, 0.05) is 19.5 Å². The summed E-state index contributed by atoms with van der Waals surface area (Å²) in [5.74, 6) is -0.591. The number of benzene rings is 2. The molecule has 1 atom stereocenters. The highest BCUT2D eigenvalue weighted by Gasteiger charge is 2.25. The molecule has 0 spiro atoms. The second kappa shape index (κ2) is 10.6. The summed E-state index contributed by atoms with van der Waals surface area (Å²) >= 11 is 0. The smallest absolute Gasteiger partial charge is 0.242 e. The van der Waals surface area contributed by atoms with Crippen LogP contribution in [0.25, 0.3) is 0 Å². The van der Waals surface area contributed by atoms with Crippen molar-refractivity contribution in [1.82, 2.24) is 10.2 Å². The predicted molar refractivity (Wildman–Crippen MR) is 109 cm³/mol. The van der Waals surface area contributed by atoms with Crippen LogP contribution in [0, 0.1) is 12.7 Å². The Morgan fingerprint density at radius 2 is 1.64 bits per heavy atom. The molecule has 2 aromatic carbocycles. The lowest BCUT2D eigenvalue weighted by molar-refractivity contribution is -0.140. The number of carbonyl (C=O) groups excluding carboxylic acids is 2. The summed E-state index contributed by atoms with van der Waals surface area (Å²) in [6, 6.07) is 13.5. The maximum absolute atomic E-state index is 13.2. The van der Waals surface area contributed by atoms with E-state index in [0.29, 0.717) is 19.4 Å². The third-order valence-corrected chi connectivity index (χ3v) is 4.73.